The number of ether oxygens (including phenoxy) is 1. The molecule has 3 rings (SSSR count). The van der Waals surface area contributed by atoms with Crippen LogP contribution in [0.5, 0.6) is 5.75 Å². The Labute approximate surface area is 190 Å². The van der Waals surface area contributed by atoms with E-state index in [1.165, 1.54) is 13.2 Å². The van der Waals surface area contributed by atoms with E-state index in [9.17, 15) is 18.0 Å². The van der Waals surface area contributed by atoms with Gasteiger partial charge < -0.3 is 4.74 Å². The third-order valence-electron chi connectivity index (χ3n) is 5.53. The number of halogens is 3. The van der Waals surface area contributed by atoms with Crippen molar-refractivity contribution in [3.63, 3.8) is 0 Å². The zero-order chi connectivity index (χ0) is 24.2. The third-order valence-corrected chi connectivity index (χ3v) is 5.53. The molecule has 0 saturated carbocycles. The van der Waals surface area contributed by atoms with E-state index >= 15 is 0 Å². The first kappa shape index (κ1) is 24.0. The normalized spacial score (nSPS) is 12.2. The van der Waals surface area contributed by atoms with E-state index in [1.54, 1.807) is 43.3 Å². The van der Waals surface area contributed by atoms with Crippen LogP contribution in [0.25, 0.3) is 11.3 Å². The van der Waals surface area contributed by atoms with Crippen molar-refractivity contribution >= 4 is 5.78 Å². The van der Waals surface area contributed by atoms with Crippen LogP contribution in [-0.4, -0.2) is 17.9 Å². The van der Waals surface area contributed by atoms with Crippen LogP contribution in [0.15, 0.2) is 54.6 Å². The minimum absolute atomic E-state index is 0.0724. The Morgan fingerprint density at radius 1 is 1.15 bits per heavy atom. The summed E-state index contributed by atoms with van der Waals surface area (Å²) in [6.07, 6.45) is -4.17. The molecule has 0 N–H and O–H groups in total. The lowest BCUT2D eigenvalue weighted by Gasteiger charge is -2.15. The van der Waals surface area contributed by atoms with Crippen LogP contribution in [0.4, 0.5) is 13.2 Å². The van der Waals surface area contributed by atoms with Crippen molar-refractivity contribution in [3.05, 3.63) is 82.5 Å². The van der Waals surface area contributed by atoms with Crippen LogP contribution in [-0.2, 0) is 17.4 Å². The molecular weight excluding hydrogens is 429 g/mol. The highest BCUT2D eigenvalue weighted by Gasteiger charge is 2.33. The number of alkyl halides is 3. The molecule has 1 aromatic heterocycles. The van der Waals surface area contributed by atoms with Crippen molar-refractivity contribution in [2.45, 2.75) is 38.8 Å². The molecule has 33 heavy (non-hydrogen) atoms. The fraction of sp³-hybridized carbons (Fsp3) is 0.269. The number of aryl methyl sites for hydroxylation is 2. The average Bonchev–Trinajstić information content (AvgIpc) is 2.80. The van der Waals surface area contributed by atoms with E-state index in [4.69, 9.17) is 10.00 Å². The molecular formula is C26H23F3N2O2. The van der Waals surface area contributed by atoms with E-state index in [0.29, 0.717) is 28.0 Å². The van der Waals surface area contributed by atoms with E-state index in [-0.39, 0.29) is 24.3 Å². The maximum atomic E-state index is 13.3. The van der Waals surface area contributed by atoms with Crippen LogP contribution >= 0.6 is 0 Å². The number of ketones is 1. The monoisotopic (exact) mass is 452 g/mol. The van der Waals surface area contributed by atoms with Gasteiger partial charge in [-0.25, -0.2) is 4.98 Å². The van der Waals surface area contributed by atoms with Crippen molar-refractivity contribution < 1.29 is 22.7 Å². The van der Waals surface area contributed by atoms with E-state index < -0.39 is 17.8 Å². The predicted octanol–water partition coefficient (Wildman–Crippen LogP) is 6.26. The largest absolute Gasteiger partial charge is 0.495 e. The van der Waals surface area contributed by atoms with Gasteiger partial charge in [-0.05, 0) is 48.7 Å². The lowest BCUT2D eigenvalue weighted by atomic mass is 9.91. The second-order valence-electron chi connectivity index (χ2n) is 7.83. The Morgan fingerprint density at radius 3 is 2.55 bits per heavy atom. The lowest BCUT2D eigenvalue weighted by Crippen LogP contribution is -2.12. The minimum Gasteiger partial charge on any atom is -0.495 e. The van der Waals surface area contributed by atoms with Gasteiger partial charge in [-0.3, -0.25) is 4.79 Å². The van der Waals surface area contributed by atoms with Gasteiger partial charge in [0.15, 0.2) is 0 Å². The van der Waals surface area contributed by atoms with Gasteiger partial charge in [0.2, 0.25) is 0 Å². The van der Waals surface area contributed by atoms with E-state index in [1.807, 2.05) is 19.1 Å². The summed E-state index contributed by atoms with van der Waals surface area (Å²) in [5, 5.41) is 9.13. The molecule has 0 amide bonds. The zero-order valence-electron chi connectivity index (χ0n) is 18.5. The van der Waals surface area contributed by atoms with Crippen molar-refractivity contribution in [1.82, 2.24) is 4.98 Å². The first-order chi connectivity index (χ1) is 15.6. The van der Waals surface area contributed by atoms with Gasteiger partial charge in [0.25, 0.3) is 0 Å². The van der Waals surface area contributed by atoms with E-state index in [2.05, 4.69) is 4.98 Å². The molecule has 1 unspecified atom stereocenters. The molecule has 3 aromatic rings. The number of carbonyl (C=O) groups excluding carboxylic acids is 1. The van der Waals surface area contributed by atoms with Gasteiger partial charge in [0, 0.05) is 17.9 Å². The first-order valence-corrected chi connectivity index (χ1v) is 10.4. The van der Waals surface area contributed by atoms with Gasteiger partial charge in [0.05, 0.1) is 18.4 Å². The standard InChI is InChI=1S/C26H23F3N2O2/c1-16-5-4-6-20(13-16)25-18(10-12-24(31-25)26(27,28)29)9-11-22(32)17(2)19-7-8-21(15-30)23(14-19)33-3/h4-8,10,12-14,17H,9,11H2,1-3H3. The number of methoxy groups -OCH3 is 1. The molecule has 0 radical (unpaired) electrons. The summed E-state index contributed by atoms with van der Waals surface area (Å²) < 4.78 is 45.0. The van der Waals surface area contributed by atoms with Crippen LogP contribution in [0.1, 0.15) is 47.2 Å². The summed E-state index contributed by atoms with van der Waals surface area (Å²) in [6.45, 7) is 3.61. The Balaban J connectivity index is 1.86. The molecule has 0 aliphatic heterocycles. The highest BCUT2D eigenvalue weighted by Crippen LogP contribution is 2.32. The number of hydrogen-bond donors (Lipinski definition) is 0. The fourth-order valence-electron chi connectivity index (χ4n) is 3.62. The van der Waals surface area contributed by atoms with Gasteiger partial charge in [-0.2, -0.15) is 18.4 Å². The van der Waals surface area contributed by atoms with Crippen LogP contribution in [0.2, 0.25) is 0 Å². The van der Waals surface area contributed by atoms with Crippen molar-refractivity contribution in [2.24, 2.45) is 0 Å². The molecule has 0 saturated heterocycles. The molecule has 7 heteroatoms. The molecule has 0 fully saturated rings. The molecule has 170 valence electrons. The molecule has 0 spiro atoms. The number of hydrogen-bond acceptors (Lipinski definition) is 4. The average molecular weight is 452 g/mol. The molecule has 0 aliphatic rings. The number of nitrogens with zero attached hydrogens (tertiary/aromatic N) is 2. The van der Waals surface area contributed by atoms with Gasteiger partial charge in [-0.1, -0.05) is 42.8 Å². The van der Waals surface area contributed by atoms with Crippen LogP contribution in [0, 0.1) is 18.3 Å². The Kier molecular flexibility index (Phi) is 7.17. The Bertz CT molecular complexity index is 1210. The molecule has 4 nitrogen and oxygen atoms in total. The number of Topliss-reactive ketones (excluding diaryl/α,β-unsaturated/α-hetero) is 1. The highest BCUT2D eigenvalue weighted by molar-refractivity contribution is 5.86. The van der Waals surface area contributed by atoms with Gasteiger partial charge in [0.1, 0.15) is 23.3 Å². The maximum Gasteiger partial charge on any atom is 0.433 e. The fourth-order valence-corrected chi connectivity index (χ4v) is 3.62. The first-order valence-electron chi connectivity index (χ1n) is 10.4. The maximum absolute atomic E-state index is 13.3. The summed E-state index contributed by atoms with van der Waals surface area (Å²) in [6, 6.07) is 16.5. The number of aromatic nitrogens is 1. The number of nitriles is 1. The van der Waals surface area contributed by atoms with Gasteiger partial charge >= 0.3 is 6.18 Å². The molecule has 0 bridgehead atoms. The molecule has 1 atom stereocenters. The topological polar surface area (TPSA) is 63.0 Å². The predicted molar refractivity (Wildman–Crippen MR) is 119 cm³/mol. The number of rotatable bonds is 7. The Hall–Kier alpha value is -3.66. The van der Waals surface area contributed by atoms with Gasteiger partial charge in [-0.15, -0.1) is 0 Å². The summed E-state index contributed by atoms with van der Waals surface area (Å²) >= 11 is 0. The minimum atomic E-state index is -4.56. The van der Waals surface area contributed by atoms with Crippen molar-refractivity contribution in [2.75, 3.05) is 7.11 Å². The second-order valence-corrected chi connectivity index (χ2v) is 7.83. The number of carbonyl (C=O) groups is 1. The zero-order valence-corrected chi connectivity index (χ0v) is 18.5. The third kappa shape index (κ3) is 5.58. The lowest BCUT2D eigenvalue weighted by molar-refractivity contribution is -0.141. The number of pyridine rings is 1. The van der Waals surface area contributed by atoms with Crippen LogP contribution < -0.4 is 4.74 Å². The second kappa shape index (κ2) is 9.86. The molecule has 2 aromatic carbocycles. The summed E-state index contributed by atoms with van der Waals surface area (Å²) in [4.78, 5) is 16.8. The Morgan fingerprint density at radius 2 is 1.91 bits per heavy atom. The van der Waals surface area contributed by atoms with Crippen molar-refractivity contribution in [1.29, 1.82) is 5.26 Å². The highest BCUT2D eigenvalue weighted by atomic mass is 19.4. The quantitative estimate of drug-likeness (QED) is 0.424. The SMILES string of the molecule is COc1cc(C(C)C(=O)CCc2ccc(C(F)(F)F)nc2-c2cccc(C)c2)ccc1C#N. The molecule has 1 heterocycles. The smallest absolute Gasteiger partial charge is 0.433 e. The van der Waals surface area contributed by atoms with Crippen LogP contribution in [0.3, 0.4) is 0 Å². The summed E-state index contributed by atoms with van der Waals surface area (Å²) in [5.41, 5.74) is 2.40. The number of benzene rings is 2. The summed E-state index contributed by atoms with van der Waals surface area (Å²) in [7, 11) is 1.46. The molecule has 0 aliphatic carbocycles. The summed E-state index contributed by atoms with van der Waals surface area (Å²) in [5.74, 6) is -0.142. The van der Waals surface area contributed by atoms with E-state index in [0.717, 1.165) is 11.6 Å². The van der Waals surface area contributed by atoms with Crippen molar-refractivity contribution in [3.8, 4) is 23.1 Å².